The molecule has 7 heteroatoms. The molecule has 0 bridgehead atoms. The van der Waals surface area contributed by atoms with E-state index in [2.05, 4.69) is 21.2 Å². The van der Waals surface area contributed by atoms with E-state index in [4.69, 9.17) is 23.2 Å². The molecule has 108 valence electrons. The number of carbonyl (C=O) groups is 1. The van der Waals surface area contributed by atoms with Crippen LogP contribution < -0.4 is 5.32 Å². The predicted octanol–water partition coefficient (Wildman–Crippen LogP) is 4.89. The van der Waals surface area contributed by atoms with Gasteiger partial charge < -0.3 is 10.4 Å². The molecule has 0 aliphatic carbocycles. The Labute approximate surface area is 143 Å². The molecule has 0 spiro atoms. The highest BCUT2D eigenvalue weighted by Crippen LogP contribution is 2.42. The van der Waals surface area contributed by atoms with Crippen LogP contribution in [0.2, 0.25) is 10.0 Å². The second-order valence-electron chi connectivity index (χ2n) is 4.44. The summed E-state index contributed by atoms with van der Waals surface area (Å²) in [7, 11) is 0. The standard InChI is InChI=1S/C14H8BrCl2NO2S/c15-8-4-7-11(18-14(20)13(7)19)5-12(8)21-6-1-2-9(16)10(17)3-6/h1-5,13,19H,(H,18,20). The van der Waals surface area contributed by atoms with E-state index in [9.17, 15) is 9.90 Å². The van der Waals surface area contributed by atoms with Gasteiger partial charge in [-0.15, -0.1) is 0 Å². The van der Waals surface area contributed by atoms with Crippen LogP contribution in [0.4, 0.5) is 5.69 Å². The first kappa shape index (κ1) is 15.2. The minimum atomic E-state index is -1.11. The summed E-state index contributed by atoms with van der Waals surface area (Å²) in [6, 6.07) is 8.95. The number of benzene rings is 2. The summed E-state index contributed by atoms with van der Waals surface area (Å²) in [4.78, 5) is 13.3. The van der Waals surface area contributed by atoms with E-state index in [1.807, 2.05) is 12.1 Å². The van der Waals surface area contributed by atoms with Gasteiger partial charge >= 0.3 is 0 Å². The lowest BCUT2D eigenvalue weighted by Gasteiger charge is -2.09. The Morgan fingerprint density at radius 3 is 2.67 bits per heavy atom. The maximum absolute atomic E-state index is 11.5. The zero-order valence-corrected chi connectivity index (χ0v) is 14.3. The number of rotatable bonds is 2. The van der Waals surface area contributed by atoms with Gasteiger partial charge in [0.2, 0.25) is 0 Å². The number of amides is 1. The Hall–Kier alpha value is -0.720. The van der Waals surface area contributed by atoms with Crippen LogP contribution in [-0.2, 0) is 4.79 Å². The van der Waals surface area contributed by atoms with Crippen molar-refractivity contribution in [2.24, 2.45) is 0 Å². The third-order valence-electron chi connectivity index (χ3n) is 3.02. The molecule has 1 heterocycles. The summed E-state index contributed by atoms with van der Waals surface area (Å²) in [5.41, 5.74) is 1.20. The van der Waals surface area contributed by atoms with Crippen LogP contribution in [0.3, 0.4) is 0 Å². The average molecular weight is 405 g/mol. The highest BCUT2D eigenvalue weighted by Gasteiger charge is 2.29. The summed E-state index contributed by atoms with van der Waals surface area (Å²) < 4.78 is 0.799. The molecule has 2 aromatic rings. The highest BCUT2D eigenvalue weighted by molar-refractivity contribution is 9.10. The van der Waals surface area contributed by atoms with E-state index in [-0.39, 0.29) is 0 Å². The lowest BCUT2D eigenvalue weighted by atomic mass is 10.1. The molecule has 1 aliphatic heterocycles. The van der Waals surface area contributed by atoms with Crippen molar-refractivity contribution in [1.29, 1.82) is 0 Å². The van der Waals surface area contributed by atoms with E-state index in [1.165, 1.54) is 11.8 Å². The molecule has 2 aromatic carbocycles. The summed E-state index contributed by atoms with van der Waals surface area (Å²) in [5.74, 6) is -0.409. The van der Waals surface area contributed by atoms with Gasteiger partial charge in [0.25, 0.3) is 5.91 Å². The number of aliphatic hydroxyl groups is 1. The van der Waals surface area contributed by atoms with Crippen molar-refractivity contribution >= 4 is 62.5 Å². The van der Waals surface area contributed by atoms with Gasteiger partial charge in [0, 0.05) is 25.5 Å². The van der Waals surface area contributed by atoms with Crippen molar-refractivity contribution in [3.05, 3.63) is 50.4 Å². The van der Waals surface area contributed by atoms with Crippen LogP contribution in [0.25, 0.3) is 0 Å². The Balaban J connectivity index is 1.95. The van der Waals surface area contributed by atoms with Crippen molar-refractivity contribution in [2.45, 2.75) is 15.9 Å². The van der Waals surface area contributed by atoms with Gasteiger partial charge in [-0.05, 0) is 46.3 Å². The SMILES string of the molecule is O=C1Nc2cc(Sc3ccc(Cl)c(Cl)c3)c(Br)cc2C1O. The smallest absolute Gasteiger partial charge is 0.257 e. The molecule has 0 saturated heterocycles. The second kappa shape index (κ2) is 5.82. The zero-order valence-electron chi connectivity index (χ0n) is 10.4. The van der Waals surface area contributed by atoms with Gasteiger partial charge in [-0.25, -0.2) is 0 Å². The average Bonchev–Trinajstić information content (AvgIpc) is 2.70. The van der Waals surface area contributed by atoms with E-state index < -0.39 is 12.0 Å². The number of hydrogen-bond donors (Lipinski definition) is 2. The topological polar surface area (TPSA) is 49.3 Å². The van der Waals surface area contributed by atoms with Crippen LogP contribution in [0.1, 0.15) is 11.7 Å². The van der Waals surface area contributed by atoms with E-state index in [0.29, 0.717) is 21.3 Å². The Kier molecular flexibility index (Phi) is 4.21. The van der Waals surface area contributed by atoms with Crippen LogP contribution in [0.15, 0.2) is 44.6 Å². The Morgan fingerprint density at radius 1 is 1.19 bits per heavy atom. The highest BCUT2D eigenvalue weighted by atomic mass is 79.9. The first-order valence-electron chi connectivity index (χ1n) is 5.91. The number of carbonyl (C=O) groups excluding carboxylic acids is 1. The molecule has 1 amide bonds. The summed E-state index contributed by atoms with van der Waals surface area (Å²) in [5, 5.41) is 13.4. The number of halogens is 3. The van der Waals surface area contributed by atoms with Crippen LogP contribution in [0, 0.1) is 0 Å². The first-order chi connectivity index (χ1) is 9.95. The van der Waals surface area contributed by atoms with Gasteiger partial charge in [-0.3, -0.25) is 4.79 Å². The molecule has 3 rings (SSSR count). The number of anilines is 1. The molecule has 1 aliphatic rings. The molecule has 3 nitrogen and oxygen atoms in total. The lowest BCUT2D eigenvalue weighted by Crippen LogP contribution is -2.10. The van der Waals surface area contributed by atoms with Crippen molar-refractivity contribution in [3.8, 4) is 0 Å². The monoisotopic (exact) mass is 403 g/mol. The normalized spacial score (nSPS) is 16.8. The fourth-order valence-electron chi connectivity index (χ4n) is 1.99. The van der Waals surface area contributed by atoms with Crippen LogP contribution in [-0.4, -0.2) is 11.0 Å². The minimum absolute atomic E-state index is 0.409. The lowest BCUT2D eigenvalue weighted by molar-refractivity contribution is -0.123. The van der Waals surface area contributed by atoms with Gasteiger partial charge in [-0.1, -0.05) is 35.0 Å². The molecule has 1 atom stereocenters. The molecule has 1 unspecified atom stereocenters. The van der Waals surface area contributed by atoms with Crippen molar-refractivity contribution < 1.29 is 9.90 Å². The Bertz CT molecular complexity index is 754. The minimum Gasteiger partial charge on any atom is -0.378 e. The Morgan fingerprint density at radius 2 is 1.95 bits per heavy atom. The summed E-state index contributed by atoms with van der Waals surface area (Å²) >= 11 is 16.8. The molecule has 0 radical (unpaired) electrons. The largest absolute Gasteiger partial charge is 0.378 e. The van der Waals surface area contributed by atoms with E-state index in [1.54, 1.807) is 18.2 Å². The number of nitrogens with one attached hydrogen (secondary N) is 1. The fourth-order valence-corrected chi connectivity index (χ4v) is 3.86. The number of fused-ring (bicyclic) bond motifs is 1. The molecule has 2 N–H and O–H groups in total. The molecular weight excluding hydrogens is 397 g/mol. The molecule has 0 fully saturated rings. The van der Waals surface area contributed by atoms with Gasteiger partial charge in [0.15, 0.2) is 6.10 Å². The predicted molar refractivity (Wildman–Crippen MR) is 88.3 cm³/mol. The number of aliphatic hydroxyl groups excluding tert-OH is 1. The third kappa shape index (κ3) is 2.94. The van der Waals surface area contributed by atoms with Crippen molar-refractivity contribution in [1.82, 2.24) is 0 Å². The quantitative estimate of drug-likeness (QED) is 0.748. The fraction of sp³-hybridized carbons (Fsp3) is 0.0714. The second-order valence-corrected chi connectivity index (χ2v) is 7.22. The van der Waals surface area contributed by atoms with Crippen molar-refractivity contribution in [2.75, 3.05) is 5.32 Å². The molecular formula is C14H8BrCl2NO2S. The molecule has 0 aromatic heterocycles. The van der Waals surface area contributed by atoms with Gasteiger partial charge in [0.1, 0.15) is 0 Å². The molecule has 0 saturated carbocycles. The summed E-state index contributed by atoms with van der Waals surface area (Å²) in [6.07, 6.45) is -1.11. The number of hydrogen-bond acceptors (Lipinski definition) is 3. The third-order valence-corrected chi connectivity index (χ3v) is 5.73. The van der Waals surface area contributed by atoms with Crippen molar-refractivity contribution in [3.63, 3.8) is 0 Å². The van der Waals surface area contributed by atoms with Crippen LogP contribution >= 0.6 is 50.9 Å². The maximum atomic E-state index is 11.5. The van der Waals surface area contributed by atoms with Gasteiger partial charge in [0.05, 0.1) is 10.0 Å². The maximum Gasteiger partial charge on any atom is 0.257 e. The summed E-state index contributed by atoms with van der Waals surface area (Å²) in [6.45, 7) is 0. The van der Waals surface area contributed by atoms with Gasteiger partial charge in [-0.2, -0.15) is 0 Å². The zero-order chi connectivity index (χ0) is 15.1. The first-order valence-corrected chi connectivity index (χ1v) is 8.27. The molecule has 21 heavy (non-hydrogen) atoms. The van der Waals surface area contributed by atoms with E-state index >= 15 is 0 Å². The van der Waals surface area contributed by atoms with Crippen LogP contribution in [0.5, 0.6) is 0 Å². The van der Waals surface area contributed by atoms with E-state index in [0.717, 1.165) is 14.3 Å².